The molecule has 0 spiro atoms. The highest BCUT2D eigenvalue weighted by Crippen LogP contribution is 2.35. The van der Waals surface area contributed by atoms with Gasteiger partial charge in [-0.05, 0) is 11.6 Å². The SMILES string of the molecule is C[C+](C)C1C=Cc2ccccc21. The van der Waals surface area contributed by atoms with Gasteiger partial charge in [0.15, 0.2) is 0 Å². The van der Waals surface area contributed by atoms with Gasteiger partial charge in [0.05, 0.1) is 19.8 Å². The van der Waals surface area contributed by atoms with Crippen molar-refractivity contribution >= 4 is 6.08 Å². The summed E-state index contributed by atoms with van der Waals surface area (Å²) in [5.41, 5.74) is 2.83. The summed E-state index contributed by atoms with van der Waals surface area (Å²) < 4.78 is 0. The van der Waals surface area contributed by atoms with Crippen LogP contribution in [0.3, 0.4) is 0 Å². The van der Waals surface area contributed by atoms with Gasteiger partial charge < -0.3 is 0 Å². The van der Waals surface area contributed by atoms with E-state index in [2.05, 4.69) is 50.3 Å². The molecule has 0 bridgehead atoms. The van der Waals surface area contributed by atoms with Gasteiger partial charge in [-0.1, -0.05) is 30.3 Å². The zero-order valence-corrected chi connectivity index (χ0v) is 7.54. The molecule has 1 aromatic rings. The van der Waals surface area contributed by atoms with E-state index in [-0.39, 0.29) is 0 Å². The molecular formula is C12H13+. The minimum atomic E-state index is 0.557. The minimum absolute atomic E-state index is 0.557. The molecule has 1 aliphatic carbocycles. The second-order valence-electron chi connectivity index (χ2n) is 3.54. The lowest BCUT2D eigenvalue weighted by atomic mass is 9.90. The van der Waals surface area contributed by atoms with Crippen LogP contribution in [-0.2, 0) is 0 Å². The minimum Gasteiger partial charge on any atom is -0.0618 e. The van der Waals surface area contributed by atoms with Gasteiger partial charge in [-0.15, -0.1) is 0 Å². The molecule has 0 radical (unpaired) electrons. The van der Waals surface area contributed by atoms with E-state index < -0.39 is 0 Å². The maximum Gasteiger partial charge on any atom is 0.144 e. The fourth-order valence-corrected chi connectivity index (χ4v) is 1.75. The topological polar surface area (TPSA) is 0 Å². The fourth-order valence-electron chi connectivity index (χ4n) is 1.75. The van der Waals surface area contributed by atoms with Crippen LogP contribution < -0.4 is 0 Å². The van der Waals surface area contributed by atoms with E-state index in [0.717, 1.165) is 0 Å². The van der Waals surface area contributed by atoms with Crippen LogP contribution >= 0.6 is 0 Å². The molecule has 1 unspecified atom stereocenters. The molecule has 2 rings (SSSR count). The second kappa shape index (κ2) is 2.71. The summed E-state index contributed by atoms with van der Waals surface area (Å²) in [6.07, 6.45) is 4.49. The normalized spacial score (nSPS) is 19.3. The average Bonchev–Trinajstić information content (AvgIpc) is 2.47. The van der Waals surface area contributed by atoms with E-state index in [9.17, 15) is 0 Å². The van der Waals surface area contributed by atoms with Crippen LogP contribution in [-0.4, -0.2) is 0 Å². The van der Waals surface area contributed by atoms with Gasteiger partial charge in [-0.25, -0.2) is 0 Å². The van der Waals surface area contributed by atoms with Gasteiger partial charge in [0.25, 0.3) is 0 Å². The van der Waals surface area contributed by atoms with Gasteiger partial charge in [0.2, 0.25) is 0 Å². The van der Waals surface area contributed by atoms with E-state index in [1.54, 1.807) is 0 Å². The van der Waals surface area contributed by atoms with Crippen molar-refractivity contribution in [2.45, 2.75) is 19.8 Å². The van der Waals surface area contributed by atoms with Gasteiger partial charge in [0.1, 0.15) is 5.92 Å². The molecule has 0 heteroatoms. The number of benzene rings is 1. The lowest BCUT2D eigenvalue weighted by Gasteiger charge is -2.05. The van der Waals surface area contributed by atoms with E-state index in [1.165, 1.54) is 17.0 Å². The first-order chi connectivity index (χ1) is 5.79. The summed E-state index contributed by atoms with van der Waals surface area (Å²) in [7, 11) is 0. The van der Waals surface area contributed by atoms with Gasteiger partial charge in [-0.2, -0.15) is 0 Å². The molecule has 0 saturated heterocycles. The van der Waals surface area contributed by atoms with Crippen molar-refractivity contribution < 1.29 is 0 Å². The molecule has 0 saturated carbocycles. The zero-order chi connectivity index (χ0) is 8.55. The van der Waals surface area contributed by atoms with Crippen LogP contribution in [0.25, 0.3) is 6.08 Å². The lowest BCUT2D eigenvalue weighted by Crippen LogP contribution is -1.98. The maximum atomic E-state index is 2.28. The summed E-state index contributed by atoms with van der Waals surface area (Å²) in [6, 6.07) is 8.60. The van der Waals surface area contributed by atoms with Crippen molar-refractivity contribution in [3.8, 4) is 0 Å². The first-order valence-corrected chi connectivity index (χ1v) is 4.36. The Morgan fingerprint density at radius 1 is 1.17 bits per heavy atom. The van der Waals surface area contributed by atoms with E-state index in [4.69, 9.17) is 0 Å². The molecule has 0 fully saturated rings. The van der Waals surface area contributed by atoms with Crippen molar-refractivity contribution in [1.82, 2.24) is 0 Å². The molecule has 0 nitrogen and oxygen atoms in total. The number of hydrogen-bond acceptors (Lipinski definition) is 0. The van der Waals surface area contributed by atoms with Gasteiger partial charge in [-0.3, -0.25) is 0 Å². The van der Waals surface area contributed by atoms with Crippen molar-refractivity contribution in [3.63, 3.8) is 0 Å². The Hall–Kier alpha value is -1.17. The Morgan fingerprint density at radius 3 is 2.67 bits per heavy atom. The molecule has 0 aliphatic heterocycles. The van der Waals surface area contributed by atoms with E-state index in [0.29, 0.717) is 5.92 Å². The van der Waals surface area contributed by atoms with Crippen LogP contribution in [0.4, 0.5) is 0 Å². The van der Waals surface area contributed by atoms with Gasteiger partial charge in [0, 0.05) is 5.56 Å². The fraction of sp³-hybridized carbons (Fsp3) is 0.250. The summed E-state index contributed by atoms with van der Waals surface area (Å²) in [6.45, 7) is 4.38. The third-order valence-corrected chi connectivity index (χ3v) is 2.42. The Labute approximate surface area is 73.9 Å². The zero-order valence-electron chi connectivity index (χ0n) is 7.54. The smallest absolute Gasteiger partial charge is 0.0618 e. The number of rotatable bonds is 1. The Balaban J connectivity index is 2.42. The Morgan fingerprint density at radius 2 is 1.92 bits per heavy atom. The molecule has 0 heterocycles. The lowest BCUT2D eigenvalue weighted by molar-refractivity contribution is 0.860. The van der Waals surface area contributed by atoms with E-state index >= 15 is 0 Å². The Bertz CT molecular complexity index is 308. The quantitative estimate of drug-likeness (QED) is 0.548. The molecule has 1 aliphatic rings. The van der Waals surface area contributed by atoms with Crippen molar-refractivity contribution in [2.24, 2.45) is 0 Å². The first kappa shape index (κ1) is 7.48. The molecule has 60 valence electrons. The monoisotopic (exact) mass is 157 g/mol. The largest absolute Gasteiger partial charge is 0.144 e. The number of allylic oxidation sites excluding steroid dienone is 1. The summed E-state index contributed by atoms with van der Waals surface area (Å²) in [5, 5.41) is 0. The highest BCUT2D eigenvalue weighted by Gasteiger charge is 2.27. The van der Waals surface area contributed by atoms with E-state index in [1.807, 2.05) is 0 Å². The average molecular weight is 157 g/mol. The maximum absolute atomic E-state index is 2.28. The first-order valence-electron chi connectivity index (χ1n) is 4.36. The molecule has 1 aromatic carbocycles. The van der Waals surface area contributed by atoms with Crippen LogP contribution in [0.2, 0.25) is 0 Å². The summed E-state index contributed by atoms with van der Waals surface area (Å²) in [5.74, 6) is 2.03. The molecule has 12 heavy (non-hydrogen) atoms. The molecule has 1 atom stereocenters. The predicted octanol–water partition coefficient (Wildman–Crippen LogP) is 3.41. The predicted molar refractivity (Wildman–Crippen MR) is 52.8 cm³/mol. The highest BCUT2D eigenvalue weighted by atomic mass is 14.2. The van der Waals surface area contributed by atoms with Crippen LogP contribution in [0, 0.1) is 5.92 Å². The van der Waals surface area contributed by atoms with Gasteiger partial charge >= 0.3 is 0 Å². The molecule has 0 aromatic heterocycles. The van der Waals surface area contributed by atoms with Crippen LogP contribution in [0.1, 0.15) is 30.9 Å². The second-order valence-corrected chi connectivity index (χ2v) is 3.54. The third-order valence-electron chi connectivity index (χ3n) is 2.42. The number of hydrogen-bond donors (Lipinski definition) is 0. The van der Waals surface area contributed by atoms with Crippen molar-refractivity contribution in [3.05, 3.63) is 47.4 Å². The number of fused-ring (bicyclic) bond motifs is 1. The van der Waals surface area contributed by atoms with Crippen LogP contribution in [0.5, 0.6) is 0 Å². The molecule has 0 amide bonds. The van der Waals surface area contributed by atoms with Crippen molar-refractivity contribution in [1.29, 1.82) is 0 Å². The summed E-state index contributed by atoms with van der Waals surface area (Å²) in [4.78, 5) is 0. The third kappa shape index (κ3) is 1.04. The molecular weight excluding hydrogens is 144 g/mol. The van der Waals surface area contributed by atoms with Crippen molar-refractivity contribution in [2.75, 3.05) is 0 Å². The highest BCUT2D eigenvalue weighted by molar-refractivity contribution is 5.63. The standard InChI is InChI=1S/C12H13/c1-9(2)11-8-7-10-5-3-4-6-12(10)11/h3-8,11H,1-2H3/q+1. The molecule has 0 N–H and O–H groups in total. The Kier molecular flexibility index (Phi) is 1.69. The summed E-state index contributed by atoms with van der Waals surface area (Å²) >= 11 is 0. The van der Waals surface area contributed by atoms with Crippen LogP contribution in [0.15, 0.2) is 30.3 Å².